The number of benzene rings is 1. The Morgan fingerprint density at radius 2 is 2.05 bits per heavy atom. The minimum absolute atomic E-state index is 0.185. The Labute approximate surface area is 112 Å². The molecule has 1 aliphatic rings. The van der Waals surface area contributed by atoms with E-state index in [2.05, 4.69) is 47.7 Å². The van der Waals surface area contributed by atoms with Gasteiger partial charge >= 0.3 is 5.97 Å². The van der Waals surface area contributed by atoms with Crippen molar-refractivity contribution < 1.29 is 9.90 Å². The molecule has 2 heterocycles. The predicted molar refractivity (Wildman–Crippen MR) is 74.1 cm³/mol. The fourth-order valence-corrected chi connectivity index (χ4v) is 2.93. The van der Waals surface area contributed by atoms with Gasteiger partial charge in [-0.25, -0.2) is 0 Å². The van der Waals surface area contributed by atoms with E-state index in [0.29, 0.717) is 13.1 Å². The summed E-state index contributed by atoms with van der Waals surface area (Å²) < 4.78 is 2.22. The lowest BCUT2D eigenvalue weighted by molar-refractivity contribution is -0.147. The molecule has 1 aromatic carbocycles. The Morgan fingerprint density at radius 1 is 1.37 bits per heavy atom. The first-order valence-electron chi connectivity index (χ1n) is 6.56. The topological polar surface area (TPSA) is 45.5 Å². The maximum Gasteiger partial charge on any atom is 0.309 e. The lowest BCUT2D eigenvalue weighted by Gasteiger charge is -2.36. The van der Waals surface area contributed by atoms with E-state index in [9.17, 15) is 4.79 Å². The van der Waals surface area contributed by atoms with Crippen LogP contribution in [0.15, 0.2) is 24.3 Å². The van der Waals surface area contributed by atoms with E-state index in [1.165, 1.54) is 22.2 Å². The Morgan fingerprint density at radius 3 is 2.68 bits per heavy atom. The summed E-state index contributed by atoms with van der Waals surface area (Å²) in [7, 11) is 2.08. The minimum atomic E-state index is -0.676. The fraction of sp³-hybridized carbons (Fsp3) is 0.400. The minimum Gasteiger partial charge on any atom is -0.481 e. The molecule has 1 aromatic heterocycles. The van der Waals surface area contributed by atoms with Crippen molar-refractivity contribution in [2.24, 2.45) is 13.0 Å². The number of fused-ring (bicyclic) bond motifs is 1. The Balaban J connectivity index is 1.84. The highest BCUT2D eigenvalue weighted by Gasteiger charge is 2.33. The standard InChI is InChI=1S/C15H18N2O2/c1-10-12-5-3-4-6-13(12)16(2)14(10)9-17-7-11(8-17)15(18)19/h3-6,11H,7-9H2,1-2H3,(H,18,19). The number of nitrogens with zero attached hydrogens (tertiary/aromatic N) is 2. The van der Waals surface area contributed by atoms with Crippen LogP contribution in [0.1, 0.15) is 11.3 Å². The summed E-state index contributed by atoms with van der Waals surface area (Å²) in [6.45, 7) is 4.31. The molecule has 1 N–H and O–H groups in total. The van der Waals surface area contributed by atoms with Crippen LogP contribution in [0, 0.1) is 12.8 Å². The van der Waals surface area contributed by atoms with Gasteiger partial charge in [0.05, 0.1) is 5.92 Å². The highest BCUT2D eigenvalue weighted by atomic mass is 16.4. The third-order valence-corrected chi connectivity index (χ3v) is 4.19. The second-order valence-corrected chi connectivity index (χ2v) is 5.38. The van der Waals surface area contributed by atoms with Crippen LogP contribution < -0.4 is 0 Å². The molecule has 1 aliphatic heterocycles. The lowest BCUT2D eigenvalue weighted by atomic mass is 10.00. The van der Waals surface area contributed by atoms with Gasteiger partial charge in [0.2, 0.25) is 0 Å². The van der Waals surface area contributed by atoms with Gasteiger partial charge in [0.25, 0.3) is 0 Å². The number of rotatable bonds is 3. The van der Waals surface area contributed by atoms with Crippen molar-refractivity contribution >= 4 is 16.9 Å². The van der Waals surface area contributed by atoms with Crippen molar-refractivity contribution in [1.82, 2.24) is 9.47 Å². The van der Waals surface area contributed by atoms with Crippen LogP contribution in [-0.2, 0) is 18.4 Å². The molecule has 0 radical (unpaired) electrons. The lowest BCUT2D eigenvalue weighted by Crippen LogP contribution is -2.49. The molecule has 0 saturated carbocycles. The zero-order valence-corrected chi connectivity index (χ0v) is 11.3. The van der Waals surface area contributed by atoms with Crippen molar-refractivity contribution in [3.05, 3.63) is 35.5 Å². The maximum absolute atomic E-state index is 10.8. The zero-order valence-electron chi connectivity index (χ0n) is 11.3. The van der Waals surface area contributed by atoms with Gasteiger partial charge in [-0.15, -0.1) is 0 Å². The van der Waals surface area contributed by atoms with Crippen LogP contribution >= 0.6 is 0 Å². The van der Waals surface area contributed by atoms with E-state index in [-0.39, 0.29) is 5.92 Å². The number of hydrogen-bond acceptors (Lipinski definition) is 2. The molecule has 1 fully saturated rings. The number of aliphatic carboxylic acids is 1. The number of aromatic nitrogens is 1. The molecule has 0 spiro atoms. The van der Waals surface area contributed by atoms with Gasteiger partial charge < -0.3 is 9.67 Å². The number of para-hydroxylation sites is 1. The van der Waals surface area contributed by atoms with E-state index < -0.39 is 5.97 Å². The summed E-state index contributed by atoms with van der Waals surface area (Å²) in [5.74, 6) is -0.861. The average molecular weight is 258 g/mol. The molecule has 4 nitrogen and oxygen atoms in total. The van der Waals surface area contributed by atoms with E-state index >= 15 is 0 Å². The molecule has 100 valence electrons. The molecule has 0 aliphatic carbocycles. The third kappa shape index (κ3) is 1.92. The second-order valence-electron chi connectivity index (χ2n) is 5.38. The molecule has 0 amide bonds. The van der Waals surface area contributed by atoms with E-state index in [0.717, 1.165) is 6.54 Å². The first-order valence-corrected chi connectivity index (χ1v) is 6.56. The van der Waals surface area contributed by atoms with Crippen molar-refractivity contribution in [2.75, 3.05) is 13.1 Å². The first kappa shape index (κ1) is 12.2. The normalized spacial score (nSPS) is 16.7. The summed E-state index contributed by atoms with van der Waals surface area (Å²) >= 11 is 0. The SMILES string of the molecule is Cc1c(CN2CC(C(=O)O)C2)n(C)c2ccccc12. The Bertz CT molecular complexity index is 600. The molecule has 0 atom stereocenters. The van der Waals surface area contributed by atoms with Gasteiger partial charge in [0.1, 0.15) is 0 Å². The van der Waals surface area contributed by atoms with Crippen LogP contribution in [0.3, 0.4) is 0 Å². The van der Waals surface area contributed by atoms with E-state index in [1.54, 1.807) is 0 Å². The van der Waals surface area contributed by atoms with Crippen molar-refractivity contribution in [2.45, 2.75) is 13.5 Å². The Hall–Kier alpha value is -1.81. The zero-order chi connectivity index (χ0) is 13.6. The second kappa shape index (κ2) is 4.38. The molecule has 19 heavy (non-hydrogen) atoms. The summed E-state index contributed by atoms with van der Waals surface area (Å²) in [4.78, 5) is 13.0. The Kier molecular flexibility index (Phi) is 2.82. The highest BCUT2D eigenvalue weighted by Crippen LogP contribution is 2.27. The summed E-state index contributed by atoms with van der Waals surface area (Å²) in [6, 6.07) is 8.38. The van der Waals surface area contributed by atoms with E-state index in [1.807, 2.05) is 0 Å². The molecule has 4 heteroatoms. The summed E-state index contributed by atoms with van der Waals surface area (Å²) in [5.41, 5.74) is 3.83. The van der Waals surface area contributed by atoms with Crippen LogP contribution in [-0.4, -0.2) is 33.6 Å². The smallest absolute Gasteiger partial charge is 0.309 e. The molecule has 0 bridgehead atoms. The van der Waals surface area contributed by atoms with Crippen LogP contribution in [0.4, 0.5) is 0 Å². The molecule has 1 saturated heterocycles. The van der Waals surface area contributed by atoms with Crippen molar-refractivity contribution in [1.29, 1.82) is 0 Å². The van der Waals surface area contributed by atoms with E-state index in [4.69, 9.17) is 5.11 Å². The number of hydrogen-bond donors (Lipinski definition) is 1. The quantitative estimate of drug-likeness (QED) is 0.916. The number of carbonyl (C=O) groups is 1. The van der Waals surface area contributed by atoms with Gasteiger partial charge in [-0.05, 0) is 18.6 Å². The van der Waals surface area contributed by atoms with Crippen molar-refractivity contribution in [3.8, 4) is 0 Å². The largest absolute Gasteiger partial charge is 0.481 e. The number of aryl methyl sites for hydroxylation is 2. The third-order valence-electron chi connectivity index (χ3n) is 4.19. The van der Waals surface area contributed by atoms with Crippen LogP contribution in [0.2, 0.25) is 0 Å². The van der Waals surface area contributed by atoms with Crippen LogP contribution in [0.25, 0.3) is 10.9 Å². The molecular weight excluding hydrogens is 240 g/mol. The summed E-state index contributed by atoms with van der Waals surface area (Å²) in [5, 5.41) is 10.2. The first-order chi connectivity index (χ1) is 9.08. The summed E-state index contributed by atoms with van der Waals surface area (Å²) in [6.07, 6.45) is 0. The number of carboxylic acids is 1. The van der Waals surface area contributed by atoms with Gasteiger partial charge in [-0.2, -0.15) is 0 Å². The van der Waals surface area contributed by atoms with Gasteiger partial charge in [-0.1, -0.05) is 18.2 Å². The number of carboxylic acid groups (broad SMARTS) is 1. The number of likely N-dealkylation sites (tertiary alicyclic amines) is 1. The average Bonchev–Trinajstić information content (AvgIpc) is 2.57. The molecule has 0 unspecified atom stereocenters. The van der Waals surface area contributed by atoms with Gasteiger partial charge in [0, 0.05) is 43.3 Å². The maximum atomic E-state index is 10.8. The molecular formula is C15H18N2O2. The van der Waals surface area contributed by atoms with Crippen LogP contribution in [0.5, 0.6) is 0 Å². The fourth-order valence-electron chi connectivity index (χ4n) is 2.93. The van der Waals surface area contributed by atoms with Gasteiger partial charge in [0.15, 0.2) is 0 Å². The predicted octanol–water partition coefficient (Wildman–Crippen LogP) is 2.00. The monoisotopic (exact) mass is 258 g/mol. The molecule has 2 aromatic rings. The van der Waals surface area contributed by atoms with Crippen molar-refractivity contribution in [3.63, 3.8) is 0 Å². The molecule has 3 rings (SSSR count). The highest BCUT2D eigenvalue weighted by molar-refractivity contribution is 5.85. The van der Waals surface area contributed by atoms with Gasteiger partial charge in [-0.3, -0.25) is 9.69 Å².